The number of amides is 1. The predicted molar refractivity (Wildman–Crippen MR) is 98.7 cm³/mol. The number of tetrazole rings is 1. The quantitative estimate of drug-likeness (QED) is 0.690. The van der Waals surface area contributed by atoms with E-state index in [4.69, 9.17) is 27.9 Å². The highest BCUT2D eigenvalue weighted by Crippen LogP contribution is 2.23. The number of aromatic nitrogens is 4. The summed E-state index contributed by atoms with van der Waals surface area (Å²) in [5.41, 5.74) is 1.01. The average molecular weight is 392 g/mol. The highest BCUT2D eigenvalue weighted by molar-refractivity contribution is 6.35. The van der Waals surface area contributed by atoms with Gasteiger partial charge in [-0.3, -0.25) is 4.79 Å². The Morgan fingerprint density at radius 2 is 1.85 bits per heavy atom. The summed E-state index contributed by atoms with van der Waals surface area (Å²) in [4.78, 5) is 12.3. The van der Waals surface area contributed by atoms with Crippen LogP contribution in [0.4, 0.5) is 5.69 Å². The average Bonchev–Trinajstić information content (AvgIpc) is 3.07. The summed E-state index contributed by atoms with van der Waals surface area (Å²) >= 11 is 11.9. The zero-order valence-corrected chi connectivity index (χ0v) is 15.3. The van der Waals surface area contributed by atoms with Gasteiger partial charge in [-0.05, 0) is 59.8 Å². The Morgan fingerprint density at radius 1 is 1.15 bits per heavy atom. The summed E-state index contributed by atoms with van der Waals surface area (Å²) in [7, 11) is 0. The van der Waals surface area contributed by atoms with Crippen molar-refractivity contribution in [3.63, 3.8) is 0 Å². The Bertz CT molecular complexity index is 892. The van der Waals surface area contributed by atoms with Crippen LogP contribution in [0.25, 0.3) is 0 Å². The number of anilines is 1. The molecule has 0 aliphatic heterocycles. The van der Waals surface area contributed by atoms with Crippen molar-refractivity contribution >= 4 is 34.8 Å². The van der Waals surface area contributed by atoms with Crippen LogP contribution in [0, 0.1) is 0 Å². The first kappa shape index (κ1) is 18.2. The van der Waals surface area contributed by atoms with Crippen LogP contribution in [0.2, 0.25) is 10.0 Å². The van der Waals surface area contributed by atoms with E-state index < -0.39 is 0 Å². The lowest BCUT2D eigenvalue weighted by molar-refractivity contribution is 0.102. The summed E-state index contributed by atoms with van der Waals surface area (Å²) in [6.45, 7) is 2.85. The van der Waals surface area contributed by atoms with Gasteiger partial charge in [-0.1, -0.05) is 23.2 Å². The summed E-state index contributed by atoms with van der Waals surface area (Å²) < 4.78 is 7.30. The largest absolute Gasteiger partial charge is 0.486 e. The van der Waals surface area contributed by atoms with Crippen molar-refractivity contribution in [2.45, 2.75) is 20.1 Å². The number of halogens is 2. The van der Waals surface area contributed by atoms with Crippen molar-refractivity contribution in [1.82, 2.24) is 20.2 Å². The molecule has 0 atom stereocenters. The fourth-order valence-electron chi connectivity index (χ4n) is 2.25. The van der Waals surface area contributed by atoms with Gasteiger partial charge in [0.1, 0.15) is 12.4 Å². The normalized spacial score (nSPS) is 10.6. The van der Waals surface area contributed by atoms with E-state index in [-0.39, 0.29) is 12.5 Å². The van der Waals surface area contributed by atoms with Crippen LogP contribution >= 0.6 is 23.2 Å². The SMILES string of the molecule is CCn1nnnc1COc1ccc(C(=O)Nc2cc(Cl)cc(Cl)c2)cc1. The van der Waals surface area contributed by atoms with E-state index in [0.29, 0.717) is 39.4 Å². The lowest BCUT2D eigenvalue weighted by atomic mass is 10.2. The van der Waals surface area contributed by atoms with Gasteiger partial charge in [0.15, 0.2) is 5.82 Å². The van der Waals surface area contributed by atoms with Crippen LogP contribution in [-0.2, 0) is 13.2 Å². The summed E-state index contributed by atoms with van der Waals surface area (Å²) in [6.07, 6.45) is 0. The van der Waals surface area contributed by atoms with Crippen LogP contribution in [0.3, 0.4) is 0 Å². The third-order valence-electron chi connectivity index (χ3n) is 3.51. The molecule has 9 heteroatoms. The Kier molecular flexibility index (Phi) is 5.70. The molecule has 0 saturated heterocycles. The first-order chi connectivity index (χ1) is 12.5. The van der Waals surface area contributed by atoms with Crippen LogP contribution in [0.1, 0.15) is 23.1 Å². The molecule has 3 rings (SSSR count). The summed E-state index contributed by atoms with van der Waals surface area (Å²) in [5, 5.41) is 15.0. The molecule has 7 nitrogen and oxygen atoms in total. The van der Waals surface area contributed by atoms with Gasteiger partial charge in [0.2, 0.25) is 0 Å². The van der Waals surface area contributed by atoms with E-state index in [2.05, 4.69) is 20.8 Å². The van der Waals surface area contributed by atoms with Crippen molar-refractivity contribution in [2.24, 2.45) is 0 Å². The second-order valence-corrected chi connectivity index (χ2v) is 6.21. The Hall–Kier alpha value is -2.64. The molecular weight excluding hydrogens is 377 g/mol. The van der Waals surface area contributed by atoms with Gasteiger partial charge in [-0.25, -0.2) is 4.68 Å². The molecule has 0 saturated carbocycles. The highest BCUT2D eigenvalue weighted by atomic mass is 35.5. The number of nitrogens with zero attached hydrogens (tertiary/aromatic N) is 4. The van der Waals surface area contributed by atoms with E-state index in [9.17, 15) is 4.79 Å². The van der Waals surface area contributed by atoms with Crippen molar-refractivity contribution in [3.8, 4) is 5.75 Å². The molecule has 2 aromatic carbocycles. The standard InChI is InChI=1S/C17H15Cl2N5O2/c1-2-24-16(21-22-23-24)10-26-15-5-3-11(4-6-15)17(25)20-14-8-12(18)7-13(19)9-14/h3-9H,2,10H2,1H3,(H,20,25). The van der Waals surface area contributed by atoms with Gasteiger partial charge >= 0.3 is 0 Å². The molecule has 0 aliphatic carbocycles. The van der Waals surface area contributed by atoms with Gasteiger partial charge in [0, 0.05) is 27.8 Å². The van der Waals surface area contributed by atoms with Crippen molar-refractivity contribution in [1.29, 1.82) is 0 Å². The van der Waals surface area contributed by atoms with Gasteiger partial charge < -0.3 is 10.1 Å². The van der Waals surface area contributed by atoms with Gasteiger partial charge in [0.25, 0.3) is 5.91 Å². The fourth-order valence-corrected chi connectivity index (χ4v) is 2.78. The lowest BCUT2D eigenvalue weighted by Gasteiger charge is -2.08. The molecule has 1 aromatic heterocycles. The number of ether oxygens (including phenoxy) is 1. The smallest absolute Gasteiger partial charge is 0.255 e. The maximum Gasteiger partial charge on any atom is 0.255 e. The number of carbonyl (C=O) groups is 1. The predicted octanol–water partition coefficient (Wildman–Crippen LogP) is 3.83. The second-order valence-electron chi connectivity index (χ2n) is 5.34. The molecular formula is C17H15Cl2N5O2. The lowest BCUT2D eigenvalue weighted by Crippen LogP contribution is -2.12. The maximum absolute atomic E-state index is 12.3. The van der Waals surface area contributed by atoms with Crippen LogP contribution in [-0.4, -0.2) is 26.1 Å². The van der Waals surface area contributed by atoms with E-state index in [1.54, 1.807) is 47.1 Å². The number of benzene rings is 2. The molecule has 1 heterocycles. The molecule has 1 N–H and O–H groups in total. The third kappa shape index (κ3) is 4.50. The Balaban J connectivity index is 1.62. The van der Waals surface area contributed by atoms with Crippen LogP contribution < -0.4 is 10.1 Å². The zero-order valence-electron chi connectivity index (χ0n) is 13.8. The molecule has 0 unspecified atom stereocenters. The number of rotatable bonds is 6. The Labute approximate surface area is 159 Å². The molecule has 0 fully saturated rings. The maximum atomic E-state index is 12.3. The fraction of sp³-hybridized carbons (Fsp3) is 0.176. The molecule has 134 valence electrons. The number of hydrogen-bond acceptors (Lipinski definition) is 5. The molecule has 3 aromatic rings. The first-order valence-electron chi connectivity index (χ1n) is 7.80. The third-order valence-corrected chi connectivity index (χ3v) is 3.95. The molecule has 0 spiro atoms. The van der Waals surface area contributed by atoms with Crippen molar-refractivity contribution in [3.05, 3.63) is 63.9 Å². The Morgan fingerprint density at radius 3 is 2.50 bits per heavy atom. The molecule has 26 heavy (non-hydrogen) atoms. The molecule has 1 amide bonds. The molecule has 0 aliphatic rings. The number of aryl methyl sites for hydroxylation is 1. The minimum atomic E-state index is -0.273. The number of hydrogen-bond donors (Lipinski definition) is 1. The minimum Gasteiger partial charge on any atom is -0.486 e. The zero-order chi connectivity index (χ0) is 18.5. The molecule has 0 radical (unpaired) electrons. The first-order valence-corrected chi connectivity index (χ1v) is 8.56. The summed E-state index contributed by atoms with van der Waals surface area (Å²) in [5.74, 6) is 0.968. The van der Waals surface area contributed by atoms with E-state index >= 15 is 0 Å². The number of carbonyl (C=O) groups excluding carboxylic acids is 1. The topological polar surface area (TPSA) is 81.9 Å². The van der Waals surface area contributed by atoms with Crippen molar-refractivity contribution < 1.29 is 9.53 Å². The van der Waals surface area contributed by atoms with Gasteiger partial charge in [-0.2, -0.15) is 0 Å². The minimum absolute atomic E-state index is 0.243. The number of nitrogens with one attached hydrogen (secondary N) is 1. The van der Waals surface area contributed by atoms with Gasteiger partial charge in [-0.15, -0.1) is 5.10 Å². The van der Waals surface area contributed by atoms with E-state index in [0.717, 1.165) is 0 Å². The van der Waals surface area contributed by atoms with Gasteiger partial charge in [0.05, 0.1) is 0 Å². The second kappa shape index (κ2) is 8.16. The monoisotopic (exact) mass is 391 g/mol. The van der Waals surface area contributed by atoms with Crippen LogP contribution in [0.5, 0.6) is 5.75 Å². The highest BCUT2D eigenvalue weighted by Gasteiger charge is 2.09. The molecule has 0 bridgehead atoms. The van der Waals surface area contributed by atoms with E-state index in [1.165, 1.54) is 0 Å². The van der Waals surface area contributed by atoms with Crippen LogP contribution in [0.15, 0.2) is 42.5 Å². The van der Waals surface area contributed by atoms with Crippen molar-refractivity contribution in [2.75, 3.05) is 5.32 Å². The van der Waals surface area contributed by atoms with E-state index in [1.807, 2.05) is 6.92 Å². The summed E-state index contributed by atoms with van der Waals surface area (Å²) in [6, 6.07) is 11.6.